The minimum Gasteiger partial charge on any atom is -0.354 e. The monoisotopic (exact) mass is 356 g/mol. The number of aromatic nitrogens is 4. The maximum Gasteiger partial charge on any atom is 0.453 e. The van der Waals surface area contributed by atoms with E-state index in [2.05, 4.69) is 32.0 Å². The fourth-order valence-electron chi connectivity index (χ4n) is 3.31. The molecule has 6 nitrogen and oxygen atoms in total. The molecule has 0 atom stereocenters. The molecule has 25 heavy (non-hydrogen) atoms. The van der Waals surface area contributed by atoms with Gasteiger partial charge >= 0.3 is 6.18 Å². The summed E-state index contributed by atoms with van der Waals surface area (Å²) in [6, 6.07) is 0. The van der Waals surface area contributed by atoms with E-state index >= 15 is 0 Å². The first kappa shape index (κ1) is 17.9. The zero-order valence-electron chi connectivity index (χ0n) is 14.8. The third-order valence-electron chi connectivity index (χ3n) is 4.75. The van der Waals surface area contributed by atoms with Gasteiger partial charge in [-0.05, 0) is 39.8 Å². The third-order valence-corrected chi connectivity index (χ3v) is 4.75. The number of halogens is 3. The van der Waals surface area contributed by atoms with Crippen LogP contribution in [0.5, 0.6) is 0 Å². The highest BCUT2D eigenvalue weighted by molar-refractivity contribution is 5.59. The van der Waals surface area contributed by atoms with Crippen molar-refractivity contribution in [3.05, 3.63) is 17.0 Å². The Hall–Kier alpha value is -1.90. The second-order valence-corrected chi connectivity index (χ2v) is 6.51. The van der Waals surface area contributed by atoms with Crippen molar-refractivity contribution in [3.8, 4) is 0 Å². The number of rotatable bonds is 3. The number of aryl methyl sites for hydroxylation is 1. The Kier molecular flexibility index (Phi) is 4.86. The van der Waals surface area contributed by atoms with E-state index in [-0.39, 0.29) is 5.65 Å². The fourth-order valence-corrected chi connectivity index (χ4v) is 3.31. The minimum atomic E-state index is -4.58. The van der Waals surface area contributed by atoms with Gasteiger partial charge in [0.05, 0.1) is 0 Å². The van der Waals surface area contributed by atoms with E-state index in [1.54, 1.807) is 6.92 Å². The molecule has 0 aliphatic carbocycles. The summed E-state index contributed by atoms with van der Waals surface area (Å²) in [7, 11) is 0. The second kappa shape index (κ2) is 6.78. The van der Waals surface area contributed by atoms with Crippen molar-refractivity contribution in [1.29, 1.82) is 0 Å². The van der Waals surface area contributed by atoms with E-state index in [1.807, 2.05) is 6.92 Å². The van der Waals surface area contributed by atoms with E-state index in [0.29, 0.717) is 11.4 Å². The third kappa shape index (κ3) is 3.42. The van der Waals surface area contributed by atoms with Gasteiger partial charge in [-0.25, -0.2) is 0 Å². The summed E-state index contributed by atoms with van der Waals surface area (Å²) in [5, 5.41) is 11.3. The van der Waals surface area contributed by atoms with Gasteiger partial charge in [0.25, 0.3) is 5.82 Å². The molecule has 3 rings (SSSR count). The Labute approximate surface area is 144 Å². The lowest BCUT2D eigenvalue weighted by molar-refractivity contribution is -0.146. The van der Waals surface area contributed by atoms with Crippen LogP contribution in [-0.4, -0.2) is 57.4 Å². The summed E-state index contributed by atoms with van der Waals surface area (Å²) in [4.78, 5) is 4.47. The first-order valence-electron chi connectivity index (χ1n) is 8.60. The summed E-state index contributed by atoms with van der Waals surface area (Å²) in [5.74, 6) is -0.483. The van der Waals surface area contributed by atoms with Gasteiger partial charge in [-0.15, -0.1) is 15.3 Å². The number of hydrogen-bond donors (Lipinski definition) is 0. The van der Waals surface area contributed by atoms with Crippen molar-refractivity contribution in [2.24, 2.45) is 0 Å². The molecule has 9 heteroatoms. The minimum absolute atomic E-state index is 0.163. The van der Waals surface area contributed by atoms with Crippen LogP contribution in [-0.2, 0) is 6.18 Å². The van der Waals surface area contributed by atoms with Crippen LogP contribution in [0.1, 0.15) is 36.7 Å². The lowest BCUT2D eigenvalue weighted by Gasteiger charge is -2.24. The van der Waals surface area contributed by atoms with E-state index in [1.165, 1.54) is 0 Å². The van der Waals surface area contributed by atoms with Crippen LogP contribution in [0.25, 0.3) is 5.65 Å². The largest absolute Gasteiger partial charge is 0.453 e. The summed E-state index contributed by atoms with van der Waals surface area (Å²) >= 11 is 0. The Morgan fingerprint density at radius 3 is 2.44 bits per heavy atom. The highest BCUT2D eigenvalue weighted by Gasteiger charge is 2.38. The van der Waals surface area contributed by atoms with Gasteiger partial charge in [0, 0.05) is 30.8 Å². The maximum atomic E-state index is 13.2. The average molecular weight is 356 g/mol. The lowest BCUT2D eigenvalue weighted by Crippen LogP contribution is -2.32. The van der Waals surface area contributed by atoms with Crippen molar-refractivity contribution in [3.63, 3.8) is 0 Å². The van der Waals surface area contributed by atoms with E-state index in [9.17, 15) is 13.2 Å². The van der Waals surface area contributed by atoms with Crippen LogP contribution < -0.4 is 4.90 Å². The van der Waals surface area contributed by atoms with Gasteiger partial charge in [-0.2, -0.15) is 17.7 Å². The van der Waals surface area contributed by atoms with Crippen LogP contribution in [0.2, 0.25) is 0 Å². The summed E-state index contributed by atoms with van der Waals surface area (Å²) in [5.41, 5.74) is 1.70. The quantitative estimate of drug-likeness (QED) is 0.846. The van der Waals surface area contributed by atoms with Gasteiger partial charge in [-0.3, -0.25) is 0 Å². The fraction of sp³-hybridized carbons (Fsp3) is 0.688. The molecule has 2 aromatic rings. The van der Waals surface area contributed by atoms with Gasteiger partial charge in [0.15, 0.2) is 11.5 Å². The molecule has 3 heterocycles. The Morgan fingerprint density at radius 1 is 1.00 bits per heavy atom. The van der Waals surface area contributed by atoms with Gasteiger partial charge in [0.2, 0.25) is 0 Å². The smallest absolute Gasteiger partial charge is 0.354 e. The molecule has 2 aromatic heterocycles. The highest BCUT2D eigenvalue weighted by atomic mass is 19.4. The Balaban J connectivity index is 2.00. The predicted molar refractivity (Wildman–Crippen MR) is 88.8 cm³/mol. The second-order valence-electron chi connectivity index (χ2n) is 6.51. The van der Waals surface area contributed by atoms with Crippen LogP contribution in [0.4, 0.5) is 19.0 Å². The van der Waals surface area contributed by atoms with Crippen molar-refractivity contribution in [1.82, 2.24) is 24.7 Å². The number of anilines is 1. The van der Waals surface area contributed by atoms with E-state index < -0.39 is 12.0 Å². The van der Waals surface area contributed by atoms with Crippen LogP contribution in [0.15, 0.2) is 0 Å². The van der Waals surface area contributed by atoms with E-state index in [0.717, 1.165) is 55.6 Å². The number of hydrogen-bond acceptors (Lipinski definition) is 5. The number of nitrogens with zero attached hydrogens (tertiary/aromatic N) is 6. The molecule has 1 fully saturated rings. The topological polar surface area (TPSA) is 49.6 Å². The first-order chi connectivity index (χ1) is 11.8. The summed E-state index contributed by atoms with van der Waals surface area (Å²) in [6.45, 7) is 10.3. The normalized spacial score (nSPS) is 17.3. The SMILES string of the molecule is CCCN1CCCN(c2nn3c(C(F)(F)F)nnc3c(C)c2C)CC1. The van der Waals surface area contributed by atoms with Gasteiger partial charge < -0.3 is 9.80 Å². The Morgan fingerprint density at radius 2 is 1.76 bits per heavy atom. The highest BCUT2D eigenvalue weighted by Crippen LogP contribution is 2.30. The summed E-state index contributed by atoms with van der Waals surface area (Å²) < 4.78 is 40.4. The zero-order chi connectivity index (χ0) is 18.2. The molecule has 1 saturated heterocycles. The van der Waals surface area contributed by atoms with Gasteiger partial charge in [-0.1, -0.05) is 6.92 Å². The van der Waals surface area contributed by atoms with Crippen LogP contribution in [0, 0.1) is 13.8 Å². The summed E-state index contributed by atoms with van der Waals surface area (Å²) in [6.07, 6.45) is -2.52. The Bertz CT molecular complexity index is 754. The number of fused-ring (bicyclic) bond motifs is 1. The molecular formula is C16H23F3N6. The molecule has 0 bridgehead atoms. The first-order valence-corrected chi connectivity index (χ1v) is 8.60. The average Bonchev–Trinajstić information content (AvgIpc) is 2.85. The lowest BCUT2D eigenvalue weighted by atomic mass is 10.1. The zero-order valence-corrected chi connectivity index (χ0v) is 14.8. The molecular weight excluding hydrogens is 333 g/mol. The molecule has 0 amide bonds. The molecule has 0 spiro atoms. The van der Waals surface area contributed by atoms with E-state index in [4.69, 9.17) is 0 Å². The van der Waals surface area contributed by atoms with Crippen molar-refractivity contribution in [2.75, 3.05) is 37.6 Å². The molecule has 0 aromatic carbocycles. The van der Waals surface area contributed by atoms with Crippen molar-refractivity contribution >= 4 is 11.5 Å². The van der Waals surface area contributed by atoms with Gasteiger partial charge in [0.1, 0.15) is 0 Å². The standard InChI is InChI=1S/C16H23F3N6/c1-4-6-23-7-5-8-24(10-9-23)14-12(3)11(2)13-20-21-15(16(17,18)19)25(13)22-14/h4-10H2,1-3H3. The predicted octanol–water partition coefficient (Wildman–Crippen LogP) is 2.68. The molecule has 0 saturated carbocycles. The molecule has 0 N–H and O–H groups in total. The number of alkyl halides is 3. The molecule has 0 radical (unpaired) electrons. The maximum absolute atomic E-state index is 13.2. The van der Waals surface area contributed by atoms with Crippen molar-refractivity contribution < 1.29 is 13.2 Å². The van der Waals surface area contributed by atoms with Crippen LogP contribution in [0.3, 0.4) is 0 Å². The molecule has 0 unspecified atom stereocenters. The molecule has 138 valence electrons. The van der Waals surface area contributed by atoms with Crippen molar-refractivity contribution in [2.45, 2.75) is 39.8 Å². The van der Waals surface area contributed by atoms with Crippen LogP contribution >= 0.6 is 0 Å². The molecule has 1 aliphatic heterocycles. The molecule has 1 aliphatic rings.